The molecule has 1 aromatic heterocycles. The molecule has 1 amide bonds. The van der Waals surface area contributed by atoms with Crippen molar-refractivity contribution in [2.24, 2.45) is 0 Å². The van der Waals surface area contributed by atoms with E-state index in [1.165, 1.54) is 24.3 Å². The van der Waals surface area contributed by atoms with Gasteiger partial charge in [0.1, 0.15) is 0 Å². The van der Waals surface area contributed by atoms with Crippen molar-refractivity contribution in [3.8, 4) is 0 Å². The average Bonchev–Trinajstić information content (AvgIpc) is 2.92. The molecule has 0 aliphatic heterocycles. The molecule has 1 heterocycles. The van der Waals surface area contributed by atoms with Gasteiger partial charge in [-0.1, -0.05) is 0 Å². The number of carbonyl (C=O) groups is 1. The zero-order valence-electron chi connectivity index (χ0n) is 12.4. The Kier molecular flexibility index (Phi) is 4.84. The Morgan fingerprint density at radius 3 is 2.64 bits per heavy atom. The minimum atomic E-state index is -0.504. The third-order valence-electron chi connectivity index (χ3n) is 3.01. The first-order valence-corrected chi connectivity index (χ1v) is 6.68. The topological polar surface area (TPSA) is 93.3 Å². The Morgan fingerprint density at radius 2 is 2.05 bits per heavy atom. The zero-order valence-corrected chi connectivity index (χ0v) is 12.4. The smallest absolute Gasteiger partial charge is 0.269 e. The second-order valence-corrected chi connectivity index (χ2v) is 5.05. The standard InChI is InChI=1S/C14H17N5O3/c1-17(2)7-8-18-10-12(9-15-18)16-14(20)11-3-5-13(6-4-11)19(21)22/h3-6,9-10H,7-8H2,1-2H3,(H,16,20). The average molecular weight is 303 g/mol. The van der Waals surface area contributed by atoms with Gasteiger partial charge in [-0.2, -0.15) is 5.10 Å². The van der Waals surface area contributed by atoms with Crippen LogP contribution in [0.1, 0.15) is 10.4 Å². The van der Waals surface area contributed by atoms with E-state index in [0.717, 1.165) is 13.1 Å². The summed E-state index contributed by atoms with van der Waals surface area (Å²) in [5.41, 5.74) is 0.891. The number of nitro benzene ring substituents is 1. The fourth-order valence-corrected chi connectivity index (χ4v) is 1.79. The molecule has 0 spiro atoms. The number of hydrogen-bond donors (Lipinski definition) is 1. The van der Waals surface area contributed by atoms with Gasteiger partial charge < -0.3 is 10.2 Å². The minimum Gasteiger partial charge on any atom is -0.319 e. The highest BCUT2D eigenvalue weighted by Crippen LogP contribution is 2.13. The van der Waals surface area contributed by atoms with Gasteiger partial charge in [0, 0.05) is 30.4 Å². The number of aromatic nitrogens is 2. The van der Waals surface area contributed by atoms with Gasteiger partial charge in [-0.15, -0.1) is 0 Å². The summed E-state index contributed by atoms with van der Waals surface area (Å²) in [4.78, 5) is 24.2. The summed E-state index contributed by atoms with van der Waals surface area (Å²) in [5, 5.41) is 17.4. The van der Waals surface area contributed by atoms with Crippen LogP contribution in [0.2, 0.25) is 0 Å². The van der Waals surface area contributed by atoms with E-state index < -0.39 is 4.92 Å². The summed E-state index contributed by atoms with van der Waals surface area (Å²) < 4.78 is 1.74. The summed E-state index contributed by atoms with van der Waals surface area (Å²) in [6.07, 6.45) is 3.31. The predicted octanol–water partition coefficient (Wildman–Crippen LogP) is 1.61. The maximum Gasteiger partial charge on any atom is 0.269 e. The Morgan fingerprint density at radius 1 is 1.36 bits per heavy atom. The third kappa shape index (κ3) is 4.13. The van der Waals surface area contributed by atoms with E-state index in [1.54, 1.807) is 17.1 Å². The minimum absolute atomic E-state index is 0.0481. The number of nitrogens with zero attached hydrogens (tertiary/aromatic N) is 4. The van der Waals surface area contributed by atoms with Crippen molar-refractivity contribution >= 4 is 17.3 Å². The van der Waals surface area contributed by atoms with Crippen LogP contribution in [0.15, 0.2) is 36.7 Å². The molecule has 0 aliphatic rings. The first-order chi connectivity index (χ1) is 10.5. The molecule has 1 aromatic carbocycles. The normalized spacial score (nSPS) is 10.7. The van der Waals surface area contributed by atoms with Gasteiger partial charge >= 0.3 is 0 Å². The van der Waals surface area contributed by atoms with Crippen LogP contribution in [-0.2, 0) is 6.54 Å². The largest absolute Gasteiger partial charge is 0.319 e. The molecule has 0 aliphatic carbocycles. The van der Waals surface area contributed by atoms with Crippen LogP contribution < -0.4 is 5.32 Å². The number of benzene rings is 1. The molecule has 0 bridgehead atoms. The fourth-order valence-electron chi connectivity index (χ4n) is 1.79. The van der Waals surface area contributed by atoms with Gasteiger partial charge in [-0.25, -0.2) is 0 Å². The zero-order chi connectivity index (χ0) is 16.1. The molecule has 0 atom stereocenters. The highest BCUT2D eigenvalue weighted by atomic mass is 16.6. The van der Waals surface area contributed by atoms with Gasteiger partial charge in [0.05, 0.1) is 23.4 Å². The van der Waals surface area contributed by atoms with Crippen molar-refractivity contribution in [2.75, 3.05) is 26.0 Å². The lowest BCUT2D eigenvalue weighted by molar-refractivity contribution is -0.384. The molecule has 0 fully saturated rings. The van der Waals surface area contributed by atoms with Crippen molar-refractivity contribution in [3.05, 3.63) is 52.3 Å². The number of hydrogen-bond acceptors (Lipinski definition) is 5. The maximum absolute atomic E-state index is 12.0. The number of anilines is 1. The van der Waals surface area contributed by atoms with Crippen LogP contribution in [0.25, 0.3) is 0 Å². The number of nitro groups is 1. The second kappa shape index (κ2) is 6.81. The quantitative estimate of drug-likeness (QED) is 0.646. The molecular formula is C14H17N5O3. The number of nitrogens with one attached hydrogen (secondary N) is 1. The van der Waals surface area contributed by atoms with Crippen LogP contribution >= 0.6 is 0 Å². The van der Waals surface area contributed by atoms with E-state index in [0.29, 0.717) is 11.3 Å². The van der Waals surface area contributed by atoms with Crippen molar-refractivity contribution in [3.63, 3.8) is 0 Å². The van der Waals surface area contributed by atoms with Gasteiger partial charge in [0.25, 0.3) is 11.6 Å². The summed E-state index contributed by atoms with van der Waals surface area (Å²) in [6.45, 7) is 1.57. The SMILES string of the molecule is CN(C)CCn1cc(NC(=O)c2ccc([N+](=O)[O-])cc2)cn1. The van der Waals surface area contributed by atoms with E-state index in [1.807, 2.05) is 19.0 Å². The maximum atomic E-state index is 12.0. The van der Waals surface area contributed by atoms with Gasteiger partial charge in [0.2, 0.25) is 0 Å². The first-order valence-electron chi connectivity index (χ1n) is 6.68. The Bertz CT molecular complexity index is 663. The molecular weight excluding hydrogens is 286 g/mol. The highest BCUT2D eigenvalue weighted by Gasteiger charge is 2.10. The number of rotatable bonds is 6. The lowest BCUT2D eigenvalue weighted by Gasteiger charge is -2.08. The molecule has 2 rings (SSSR count). The van der Waals surface area contributed by atoms with Crippen molar-refractivity contribution in [1.29, 1.82) is 0 Å². The van der Waals surface area contributed by atoms with Gasteiger partial charge in [-0.05, 0) is 26.2 Å². The van der Waals surface area contributed by atoms with E-state index in [-0.39, 0.29) is 11.6 Å². The molecule has 0 unspecified atom stereocenters. The lowest BCUT2D eigenvalue weighted by Crippen LogP contribution is -2.18. The van der Waals surface area contributed by atoms with E-state index >= 15 is 0 Å². The summed E-state index contributed by atoms with van der Waals surface area (Å²) in [7, 11) is 3.95. The van der Waals surface area contributed by atoms with E-state index in [4.69, 9.17) is 0 Å². The Hall–Kier alpha value is -2.74. The molecule has 0 radical (unpaired) electrons. The molecule has 116 valence electrons. The lowest BCUT2D eigenvalue weighted by atomic mass is 10.2. The number of likely N-dealkylation sites (N-methyl/N-ethyl adjacent to an activating group) is 1. The molecule has 22 heavy (non-hydrogen) atoms. The summed E-state index contributed by atoms with van der Waals surface area (Å²) in [5.74, 6) is -0.331. The second-order valence-electron chi connectivity index (χ2n) is 5.05. The predicted molar refractivity (Wildman–Crippen MR) is 81.8 cm³/mol. The van der Waals surface area contributed by atoms with Crippen LogP contribution in [0.3, 0.4) is 0 Å². The van der Waals surface area contributed by atoms with Gasteiger partial charge in [-0.3, -0.25) is 19.6 Å². The van der Waals surface area contributed by atoms with Crippen molar-refractivity contribution < 1.29 is 9.72 Å². The number of non-ortho nitro benzene ring substituents is 1. The van der Waals surface area contributed by atoms with Crippen molar-refractivity contribution in [2.45, 2.75) is 6.54 Å². The monoisotopic (exact) mass is 303 g/mol. The molecule has 0 saturated heterocycles. The summed E-state index contributed by atoms with van der Waals surface area (Å²) in [6, 6.07) is 5.44. The highest BCUT2D eigenvalue weighted by molar-refractivity contribution is 6.04. The number of amides is 1. The van der Waals surface area contributed by atoms with Crippen LogP contribution in [-0.4, -0.2) is 46.2 Å². The first kappa shape index (κ1) is 15.6. The molecule has 1 N–H and O–H groups in total. The van der Waals surface area contributed by atoms with Crippen LogP contribution in [0.5, 0.6) is 0 Å². The Balaban J connectivity index is 1.98. The fraction of sp³-hybridized carbons (Fsp3) is 0.286. The van der Waals surface area contributed by atoms with E-state index in [9.17, 15) is 14.9 Å². The molecule has 0 saturated carbocycles. The molecule has 2 aromatic rings. The van der Waals surface area contributed by atoms with Crippen LogP contribution in [0, 0.1) is 10.1 Å². The third-order valence-corrected chi connectivity index (χ3v) is 3.01. The number of carbonyl (C=O) groups excluding carboxylic acids is 1. The van der Waals surface area contributed by atoms with E-state index in [2.05, 4.69) is 10.4 Å². The molecule has 8 nitrogen and oxygen atoms in total. The van der Waals surface area contributed by atoms with Crippen molar-refractivity contribution in [1.82, 2.24) is 14.7 Å². The van der Waals surface area contributed by atoms with Crippen LogP contribution in [0.4, 0.5) is 11.4 Å². The van der Waals surface area contributed by atoms with Gasteiger partial charge in [0.15, 0.2) is 0 Å². The molecule has 8 heteroatoms. The summed E-state index contributed by atoms with van der Waals surface area (Å²) >= 11 is 0. The Labute approximate surface area is 127 Å².